The van der Waals surface area contributed by atoms with E-state index in [1.54, 1.807) is 0 Å². The van der Waals surface area contributed by atoms with Gasteiger partial charge >= 0.3 is 5.97 Å². The van der Waals surface area contributed by atoms with E-state index < -0.39 is 5.97 Å². The normalized spacial score (nSPS) is 10.9. The van der Waals surface area contributed by atoms with Crippen molar-refractivity contribution in [2.75, 3.05) is 0 Å². The van der Waals surface area contributed by atoms with Gasteiger partial charge in [-0.1, -0.05) is 29.8 Å². The van der Waals surface area contributed by atoms with E-state index in [1.165, 1.54) is 0 Å². The summed E-state index contributed by atoms with van der Waals surface area (Å²) in [7, 11) is 0. The van der Waals surface area contributed by atoms with Crippen LogP contribution in [0.15, 0.2) is 42.5 Å². The van der Waals surface area contributed by atoms with Crippen molar-refractivity contribution in [3.8, 4) is 5.75 Å². The minimum Gasteiger partial charge on any atom is -0.489 e. The molecule has 3 rings (SSSR count). The van der Waals surface area contributed by atoms with E-state index in [9.17, 15) is 4.79 Å². The first kappa shape index (κ1) is 20.0. The van der Waals surface area contributed by atoms with E-state index in [1.807, 2.05) is 67.9 Å². The second-order valence-corrected chi connectivity index (χ2v) is 7.32. The van der Waals surface area contributed by atoms with Crippen LogP contribution in [0.2, 0.25) is 5.02 Å². The maximum atomic E-state index is 11.0. The molecule has 5 nitrogen and oxygen atoms in total. The van der Waals surface area contributed by atoms with E-state index in [-0.39, 0.29) is 6.42 Å². The van der Waals surface area contributed by atoms with Gasteiger partial charge in [0.25, 0.3) is 0 Å². The molecule has 0 aliphatic rings. The third-order valence-corrected chi connectivity index (χ3v) is 5.05. The quantitative estimate of drug-likeness (QED) is 0.625. The predicted molar refractivity (Wildman–Crippen MR) is 109 cm³/mol. The Hall–Kier alpha value is -2.79. The lowest BCUT2D eigenvalue weighted by Gasteiger charge is -2.10. The van der Waals surface area contributed by atoms with Gasteiger partial charge < -0.3 is 9.84 Å². The second kappa shape index (κ2) is 8.48. The molecular weight excluding hydrogens is 376 g/mol. The first-order valence-electron chi connectivity index (χ1n) is 9.05. The molecule has 2 aromatic carbocycles. The Balaban J connectivity index is 1.65. The Morgan fingerprint density at radius 2 is 1.86 bits per heavy atom. The van der Waals surface area contributed by atoms with Crippen LogP contribution >= 0.6 is 11.6 Å². The highest BCUT2D eigenvalue weighted by molar-refractivity contribution is 6.30. The summed E-state index contributed by atoms with van der Waals surface area (Å²) < 4.78 is 7.73. The van der Waals surface area contributed by atoms with Gasteiger partial charge in [0.05, 0.1) is 18.7 Å². The van der Waals surface area contributed by atoms with Gasteiger partial charge in [0, 0.05) is 16.3 Å². The Bertz CT molecular complexity index is 994. The van der Waals surface area contributed by atoms with Gasteiger partial charge in [-0.3, -0.25) is 9.48 Å². The molecule has 0 atom stereocenters. The Kier molecular flexibility index (Phi) is 6.05. The maximum Gasteiger partial charge on any atom is 0.307 e. The molecule has 3 aromatic rings. The average Bonchev–Trinajstić information content (AvgIpc) is 2.89. The van der Waals surface area contributed by atoms with Crippen LogP contribution in [0.4, 0.5) is 0 Å². The lowest BCUT2D eigenvalue weighted by atomic mass is 10.1. The van der Waals surface area contributed by atoms with Crippen molar-refractivity contribution in [1.82, 2.24) is 9.78 Å². The number of carboxylic acid groups (broad SMARTS) is 1. The smallest absolute Gasteiger partial charge is 0.307 e. The molecule has 0 aliphatic carbocycles. The molecule has 0 unspecified atom stereocenters. The fourth-order valence-electron chi connectivity index (χ4n) is 3.14. The molecule has 0 radical (unpaired) electrons. The van der Waals surface area contributed by atoms with Crippen LogP contribution in [0.25, 0.3) is 0 Å². The van der Waals surface area contributed by atoms with Crippen molar-refractivity contribution in [2.24, 2.45) is 0 Å². The average molecular weight is 399 g/mol. The molecule has 0 fully saturated rings. The lowest BCUT2D eigenvalue weighted by molar-refractivity contribution is -0.136. The summed E-state index contributed by atoms with van der Waals surface area (Å²) in [6.45, 7) is 6.84. The van der Waals surface area contributed by atoms with Crippen LogP contribution in [0, 0.1) is 20.8 Å². The number of hydrogen-bond donors (Lipinski definition) is 1. The van der Waals surface area contributed by atoms with Gasteiger partial charge in [-0.25, -0.2) is 0 Å². The maximum absolute atomic E-state index is 11.0. The zero-order valence-electron chi connectivity index (χ0n) is 16.2. The van der Waals surface area contributed by atoms with E-state index in [0.717, 1.165) is 44.4 Å². The number of carbonyl (C=O) groups is 1. The highest BCUT2D eigenvalue weighted by Crippen LogP contribution is 2.20. The number of ether oxygens (including phenoxy) is 1. The zero-order chi connectivity index (χ0) is 20.3. The third-order valence-electron chi connectivity index (χ3n) is 4.81. The topological polar surface area (TPSA) is 64.4 Å². The first-order chi connectivity index (χ1) is 13.3. The minimum absolute atomic E-state index is 0.00540. The molecule has 0 saturated carbocycles. The first-order valence-corrected chi connectivity index (χ1v) is 9.42. The molecule has 0 aliphatic heterocycles. The number of hydrogen-bond acceptors (Lipinski definition) is 3. The van der Waals surface area contributed by atoms with E-state index >= 15 is 0 Å². The number of carboxylic acids is 1. The van der Waals surface area contributed by atoms with Crippen molar-refractivity contribution in [2.45, 2.75) is 40.3 Å². The van der Waals surface area contributed by atoms with Gasteiger partial charge in [-0.05, 0) is 61.7 Å². The Morgan fingerprint density at radius 1 is 1.14 bits per heavy atom. The predicted octanol–water partition coefficient (Wildman–Crippen LogP) is 4.72. The van der Waals surface area contributed by atoms with Crippen molar-refractivity contribution < 1.29 is 14.6 Å². The molecule has 6 heteroatoms. The van der Waals surface area contributed by atoms with E-state index in [2.05, 4.69) is 5.10 Å². The molecule has 1 aromatic heterocycles. The minimum atomic E-state index is -0.844. The number of aryl methyl sites for hydroxylation is 2. The van der Waals surface area contributed by atoms with Crippen LogP contribution in [-0.2, 0) is 24.4 Å². The number of aromatic nitrogens is 2. The van der Waals surface area contributed by atoms with Crippen LogP contribution in [0.5, 0.6) is 5.75 Å². The van der Waals surface area contributed by atoms with Gasteiger partial charge in [0.1, 0.15) is 12.4 Å². The highest BCUT2D eigenvalue weighted by Gasteiger charge is 2.14. The van der Waals surface area contributed by atoms with Crippen LogP contribution in [0.1, 0.15) is 33.6 Å². The van der Waals surface area contributed by atoms with Crippen LogP contribution < -0.4 is 4.74 Å². The van der Waals surface area contributed by atoms with Crippen molar-refractivity contribution in [1.29, 1.82) is 0 Å². The summed E-state index contributed by atoms with van der Waals surface area (Å²) in [6.07, 6.45) is -0.00540. The monoisotopic (exact) mass is 398 g/mol. The summed E-state index contributed by atoms with van der Waals surface area (Å²) >= 11 is 5.99. The molecule has 0 spiro atoms. The summed E-state index contributed by atoms with van der Waals surface area (Å²) in [5, 5.41) is 14.3. The number of rotatable bonds is 7. The molecule has 146 valence electrons. The molecule has 28 heavy (non-hydrogen) atoms. The van der Waals surface area contributed by atoms with Crippen LogP contribution in [-0.4, -0.2) is 20.9 Å². The fraction of sp³-hybridized carbons (Fsp3) is 0.273. The molecule has 0 bridgehead atoms. The highest BCUT2D eigenvalue weighted by atomic mass is 35.5. The second-order valence-electron chi connectivity index (χ2n) is 6.88. The summed E-state index contributed by atoms with van der Waals surface area (Å²) in [5.74, 6) is -0.0544. The van der Waals surface area contributed by atoms with E-state index in [4.69, 9.17) is 21.4 Å². The van der Waals surface area contributed by atoms with Gasteiger partial charge in [0.2, 0.25) is 0 Å². The van der Waals surface area contributed by atoms with Gasteiger partial charge in [-0.15, -0.1) is 0 Å². The largest absolute Gasteiger partial charge is 0.489 e. The Morgan fingerprint density at radius 3 is 2.50 bits per heavy atom. The summed E-state index contributed by atoms with van der Waals surface area (Å²) in [4.78, 5) is 11.0. The number of aliphatic carboxylic acids is 1. The number of halogens is 1. The zero-order valence-corrected chi connectivity index (χ0v) is 17.0. The standard InChI is InChI=1S/C22H23ClN2O3/c1-14-10-19(23)7-6-18(14)13-28-20-8-4-17(5-9-20)12-25-16(3)21(11-22(26)27)15(2)24-25/h4-10H,11-13H2,1-3H3,(H,26,27). The fourth-order valence-corrected chi connectivity index (χ4v) is 3.37. The summed E-state index contributed by atoms with van der Waals surface area (Å²) in [5.41, 5.74) is 5.71. The van der Waals surface area contributed by atoms with Crippen molar-refractivity contribution in [3.05, 3.63) is 81.1 Å². The summed E-state index contributed by atoms with van der Waals surface area (Å²) in [6, 6.07) is 13.6. The van der Waals surface area contributed by atoms with Crippen molar-refractivity contribution in [3.63, 3.8) is 0 Å². The van der Waals surface area contributed by atoms with Gasteiger partial charge in [-0.2, -0.15) is 5.10 Å². The molecule has 1 N–H and O–H groups in total. The van der Waals surface area contributed by atoms with Crippen LogP contribution in [0.3, 0.4) is 0 Å². The third kappa shape index (κ3) is 4.73. The number of benzene rings is 2. The lowest BCUT2D eigenvalue weighted by Crippen LogP contribution is -2.06. The number of nitrogens with zero attached hydrogens (tertiary/aromatic N) is 2. The van der Waals surface area contributed by atoms with E-state index in [0.29, 0.717) is 13.2 Å². The van der Waals surface area contributed by atoms with Crippen molar-refractivity contribution >= 4 is 17.6 Å². The SMILES string of the molecule is Cc1cc(Cl)ccc1COc1ccc(Cn2nc(C)c(CC(=O)O)c2C)cc1. The molecule has 1 heterocycles. The molecular formula is C22H23ClN2O3. The van der Waals surface area contributed by atoms with Gasteiger partial charge in [0.15, 0.2) is 0 Å². The molecule has 0 amide bonds. The Labute approximate surface area is 169 Å². The molecule has 0 saturated heterocycles.